The van der Waals surface area contributed by atoms with Crippen molar-refractivity contribution in [3.8, 4) is 0 Å². The fraction of sp³-hybridized carbons (Fsp3) is 0.600. The van der Waals surface area contributed by atoms with E-state index in [1.807, 2.05) is 0 Å². The average molecular weight is 245 g/mol. The first-order chi connectivity index (χ1) is 8.88. The van der Waals surface area contributed by atoms with Crippen LogP contribution in [-0.2, 0) is 6.54 Å². The maximum absolute atomic E-state index is 3.56. The number of rotatable bonds is 2. The van der Waals surface area contributed by atoms with Crippen LogP contribution in [0, 0.1) is 0 Å². The summed E-state index contributed by atoms with van der Waals surface area (Å²) in [5.41, 5.74) is 3.02. The van der Waals surface area contributed by atoms with E-state index < -0.39 is 0 Å². The number of hydrogen-bond donors (Lipinski definition) is 1. The van der Waals surface area contributed by atoms with Crippen LogP contribution >= 0.6 is 0 Å². The zero-order chi connectivity index (χ0) is 12.4. The molecule has 3 heteroatoms. The van der Waals surface area contributed by atoms with Gasteiger partial charge in [-0.3, -0.25) is 4.90 Å². The Labute approximate surface area is 110 Å². The van der Waals surface area contributed by atoms with Crippen molar-refractivity contribution in [1.82, 2.24) is 15.1 Å². The molecule has 2 heterocycles. The standard InChI is InChI=1S/C15H23N3/c1-2-17-7-9-18(10-8-17)15-12-16-11-13-5-3-4-6-14(13)15/h3-6,15-16H,2,7-12H2,1H3. The molecule has 0 saturated carbocycles. The Morgan fingerprint density at radius 2 is 1.94 bits per heavy atom. The summed E-state index contributed by atoms with van der Waals surface area (Å²) < 4.78 is 0. The number of likely N-dealkylation sites (N-methyl/N-ethyl adjacent to an activating group) is 1. The first-order valence-corrected chi connectivity index (χ1v) is 7.13. The minimum Gasteiger partial charge on any atom is -0.311 e. The van der Waals surface area contributed by atoms with Gasteiger partial charge in [0.25, 0.3) is 0 Å². The van der Waals surface area contributed by atoms with Gasteiger partial charge in [-0.15, -0.1) is 0 Å². The Balaban J connectivity index is 1.74. The van der Waals surface area contributed by atoms with Gasteiger partial charge in [-0.2, -0.15) is 0 Å². The lowest BCUT2D eigenvalue weighted by Crippen LogP contribution is -2.50. The molecule has 3 rings (SSSR count). The molecule has 98 valence electrons. The third-order valence-corrected chi connectivity index (χ3v) is 4.36. The maximum Gasteiger partial charge on any atom is 0.0477 e. The summed E-state index contributed by atoms with van der Waals surface area (Å²) >= 11 is 0. The number of benzene rings is 1. The molecule has 1 saturated heterocycles. The van der Waals surface area contributed by atoms with Crippen molar-refractivity contribution in [2.75, 3.05) is 39.3 Å². The van der Waals surface area contributed by atoms with E-state index in [2.05, 4.69) is 46.3 Å². The van der Waals surface area contributed by atoms with E-state index in [1.165, 1.54) is 38.3 Å². The van der Waals surface area contributed by atoms with E-state index in [4.69, 9.17) is 0 Å². The lowest BCUT2D eigenvalue weighted by molar-refractivity contribution is 0.0949. The van der Waals surface area contributed by atoms with Crippen LogP contribution in [0.4, 0.5) is 0 Å². The van der Waals surface area contributed by atoms with E-state index >= 15 is 0 Å². The van der Waals surface area contributed by atoms with Gasteiger partial charge in [0.2, 0.25) is 0 Å². The largest absolute Gasteiger partial charge is 0.311 e. The molecule has 0 amide bonds. The van der Waals surface area contributed by atoms with Crippen molar-refractivity contribution in [2.45, 2.75) is 19.5 Å². The van der Waals surface area contributed by atoms with Gasteiger partial charge in [-0.05, 0) is 17.7 Å². The zero-order valence-corrected chi connectivity index (χ0v) is 11.2. The number of nitrogens with zero attached hydrogens (tertiary/aromatic N) is 2. The van der Waals surface area contributed by atoms with Crippen LogP contribution in [0.5, 0.6) is 0 Å². The molecule has 1 N–H and O–H groups in total. The summed E-state index contributed by atoms with van der Waals surface area (Å²) in [5.74, 6) is 0. The monoisotopic (exact) mass is 245 g/mol. The molecule has 1 unspecified atom stereocenters. The predicted octanol–water partition coefficient (Wildman–Crippen LogP) is 1.47. The molecule has 2 aliphatic rings. The maximum atomic E-state index is 3.56. The second-order valence-electron chi connectivity index (χ2n) is 5.32. The van der Waals surface area contributed by atoms with Crippen LogP contribution < -0.4 is 5.32 Å². The van der Waals surface area contributed by atoms with Crippen LogP contribution in [0.1, 0.15) is 24.1 Å². The van der Waals surface area contributed by atoms with E-state index in [1.54, 1.807) is 5.56 Å². The Hall–Kier alpha value is -0.900. The number of piperazine rings is 1. The molecule has 0 aromatic heterocycles. The van der Waals surface area contributed by atoms with Crippen molar-refractivity contribution in [2.24, 2.45) is 0 Å². The number of nitrogens with one attached hydrogen (secondary N) is 1. The summed E-state index contributed by atoms with van der Waals surface area (Å²) in [6.07, 6.45) is 0. The quantitative estimate of drug-likeness (QED) is 0.851. The van der Waals surface area contributed by atoms with Gasteiger partial charge in [-0.25, -0.2) is 0 Å². The molecule has 1 aromatic rings. The third kappa shape index (κ3) is 2.30. The van der Waals surface area contributed by atoms with E-state index in [0.717, 1.165) is 13.1 Å². The Morgan fingerprint density at radius 1 is 1.17 bits per heavy atom. The van der Waals surface area contributed by atoms with Gasteiger partial charge in [0.05, 0.1) is 0 Å². The first kappa shape index (κ1) is 12.2. The van der Waals surface area contributed by atoms with Crippen LogP contribution in [-0.4, -0.2) is 49.1 Å². The van der Waals surface area contributed by atoms with Gasteiger partial charge in [0, 0.05) is 45.3 Å². The van der Waals surface area contributed by atoms with Crippen LogP contribution in [0.2, 0.25) is 0 Å². The Morgan fingerprint density at radius 3 is 2.72 bits per heavy atom. The van der Waals surface area contributed by atoms with E-state index in [9.17, 15) is 0 Å². The molecule has 18 heavy (non-hydrogen) atoms. The fourth-order valence-electron chi connectivity index (χ4n) is 3.19. The van der Waals surface area contributed by atoms with E-state index in [-0.39, 0.29) is 0 Å². The molecule has 0 radical (unpaired) electrons. The highest BCUT2D eigenvalue weighted by molar-refractivity contribution is 5.32. The van der Waals surface area contributed by atoms with Crippen LogP contribution in [0.3, 0.4) is 0 Å². The summed E-state index contributed by atoms with van der Waals surface area (Å²) in [6, 6.07) is 9.48. The minimum absolute atomic E-state index is 0.578. The topological polar surface area (TPSA) is 18.5 Å². The molecular weight excluding hydrogens is 222 g/mol. The summed E-state index contributed by atoms with van der Waals surface area (Å²) in [4.78, 5) is 5.19. The van der Waals surface area contributed by atoms with Crippen molar-refractivity contribution >= 4 is 0 Å². The van der Waals surface area contributed by atoms with Crippen molar-refractivity contribution < 1.29 is 0 Å². The lowest BCUT2D eigenvalue weighted by atomic mass is 9.95. The molecule has 2 aliphatic heterocycles. The third-order valence-electron chi connectivity index (χ3n) is 4.36. The molecule has 1 aromatic carbocycles. The van der Waals surface area contributed by atoms with Crippen molar-refractivity contribution in [3.63, 3.8) is 0 Å². The minimum atomic E-state index is 0.578. The molecular formula is C15H23N3. The second-order valence-corrected chi connectivity index (χ2v) is 5.32. The van der Waals surface area contributed by atoms with Gasteiger partial charge >= 0.3 is 0 Å². The highest BCUT2D eigenvalue weighted by Crippen LogP contribution is 2.27. The van der Waals surface area contributed by atoms with Gasteiger partial charge < -0.3 is 10.2 Å². The molecule has 0 aliphatic carbocycles. The predicted molar refractivity (Wildman–Crippen MR) is 74.6 cm³/mol. The fourth-order valence-corrected chi connectivity index (χ4v) is 3.19. The Kier molecular flexibility index (Phi) is 3.64. The lowest BCUT2D eigenvalue weighted by Gasteiger charge is -2.41. The number of fused-ring (bicyclic) bond motifs is 1. The molecule has 0 spiro atoms. The molecule has 1 fully saturated rings. The highest BCUT2D eigenvalue weighted by atomic mass is 15.3. The van der Waals surface area contributed by atoms with Gasteiger partial charge in [0.1, 0.15) is 0 Å². The average Bonchev–Trinajstić information content (AvgIpc) is 2.47. The molecule has 3 nitrogen and oxygen atoms in total. The SMILES string of the molecule is CCN1CCN(C2CNCc3ccccc32)CC1. The van der Waals surface area contributed by atoms with E-state index in [0.29, 0.717) is 6.04 Å². The smallest absolute Gasteiger partial charge is 0.0477 e. The first-order valence-electron chi connectivity index (χ1n) is 7.13. The summed E-state index contributed by atoms with van der Waals surface area (Å²) in [6.45, 7) is 10.4. The molecule has 0 bridgehead atoms. The van der Waals surface area contributed by atoms with Gasteiger partial charge in [0.15, 0.2) is 0 Å². The van der Waals surface area contributed by atoms with Crippen LogP contribution in [0.15, 0.2) is 24.3 Å². The highest BCUT2D eigenvalue weighted by Gasteiger charge is 2.27. The zero-order valence-electron chi connectivity index (χ0n) is 11.2. The number of hydrogen-bond acceptors (Lipinski definition) is 3. The summed E-state index contributed by atoms with van der Waals surface area (Å²) in [7, 11) is 0. The second kappa shape index (κ2) is 5.39. The summed E-state index contributed by atoms with van der Waals surface area (Å²) in [5, 5.41) is 3.56. The Bertz CT molecular complexity index is 396. The van der Waals surface area contributed by atoms with Crippen LogP contribution in [0.25, 0.3) is 0 Å². The van der Waals surface area contributed by atoms with Crippen molar-refractivity contribution in [1.29, 1.82) is 0 Å². The van der Waals surface area contributed by atoms with Gasteiger partial charge in [-0.1, -0.05) is 31.2 Å². The molecule has 1 atom stereocenters. The van der Waals surface area contributed by atoms with Crippen molar-refractivity contribution in [3.05, 3.63) is 35.4 Å². The normalized spacial score (nSPS) is 25.9.